The number of aryl methyl sites for hydroxylation is 1. The van der Waals surface area contributed by atoms with Gasteiger partial charge in [0.05, 0.1) is 29.5 Å². The van der Waals surface area contributed by atoms with Crippen molar-refractivity contribution in [2.75, 3.05) is 12.9 Å². The van der Waals surface area contributed by atoms with Gasteiger partial charge >= 0.3 is 5.97 Å². The van der Waals surface area contributed by atoms with Crippen LogP contribution in [0.4, 0.5) is 0 Å². The van der Waals surface area contributed by atoms with E-state index in [1.54, 1.807) is 0 Å². The SMILES string of the molecule is CCc1ccc(C2CC(=O)NC(SCC(=O)OC)=C2C#N)cc1. The summed E-state index contributed by atoms with van der Waals surface area (Å²) >= 11 is 1.12. The predicted octanol–water partition coefficient (Wildman–Crippen LogP) is 2.49. The summed E-state index contributed by atoms with van der Waals surface area (Å²) in [5.74, 6) is -0.775. The first kappa shape index (κ1) is 17.1. The van der Waals surface area contributed by atoms with E-state index in [9.17, 15) is 14.9 Å². The molecule has 0 spiro atoms. The molecule has 0 bridgehead atoms. The van der Waals surface area contributed by atoms with Crippen LogP contribution in [0.5, 0.6) is 0 Å². The van der Waals surface area contributed by atoms with Crippen LogP contribution in [0, 0.1) is 11.3 Å². The van der Waals surface area contributed by atoms with Gasteiger partial charge in [-0.05, 0) is 17.5 Å². The highest BCUT2D eigenvalue weighted by molar-refractivity contribution is 8.03. The summed E-state index contributed by atoms with van der Waals surface area (Å²) in [6.45, 7) is 2.07. The monoisotopic (exact) mass is 330 g/mol. The Hall–Kier alpha value is -2.26. The van der Waals surface area contributed by atoms with E-state index in [1.165, 1.54) is 12.7 Å². The minimum Gasteiger partial charge on any atom is -0.468 e. The number of nitriles is 1. The molecule has 0 fully saturated rings. The second-order valence-corrected chi connectivity index (χ2v) is 6.11. The normalized spacial score (nSPS) is 17.4. The van der Waals surface area contributed by atoms with Gasteiger partial charge in [0.25, 0.3) is 0 Å². The third-order valence-electron chi connectivity index (χ3n) is 3.71. The molecular formula is C17H18N2O3S. The molecule has 1 aromatic rings. The zero-order valence-electron chi connectivity index (χ0n) is 13.1. The Kier molecular flexibility index (Phi) is 5.83. The van der Waals surface area contributed by atoms with Gasteiger partial charge in [0.15, 0.2) is 0 Å². The molecule has 1 unspecified atom stereocenters. The number of methoxy groups -OCH3 is 1. The first-order valence-corrected chi connectivity index (χ1v) is 8.30. The number of hydrogen-bond acceptors (Lipinski definition) is 5. The lowest BCUT2D eigenvalue weighted by Gasteiger charge is -2.25. The highest BCUT2D eigenvalue weighted by Gasteiger charge is 2.29. The minimum absolute atomic E-state index is 0.0544. The van der Waals surface area contributed by atoms with Gasteiger partial charge in [-0.2, -0.15) is 5.26 Å². The van der Waals surface area contributed by atoms with Crippen molar-refractivity contribution in [3.05, 3.63) is 46.0 Å². The predicted molar refractivity (Wildman–Crippen MR) is 88.4 cm³/mol. The van der Waals surface area contributed by atoms with Crippen LogP contribution in [-0.4, -0.2) is 24.7 Å². The summed E-state index contributed by atoms with van der Waals surface area (Å²) in [4.78, 5) is 23.3. The second-order valence-electron chi connectivity index (χ2n) is 5.12. The van der Waals surface area contributed by atoms with Gasteiger partial charge in [-0.25, -0.2) is 0 Å². The van der Waals surface area contributed by atoms with Crippen molar-refractivity contribution in [2.45, 2.75) is 25.7 Å². The molecule has 1 amide bonds. The van der Waals surface area contributed by atoms with Crippen molar-refractivity contribution in [1.29, 1.82) is 5.26 Å². The maximum absolute atomic E-state index is 12.0. The third kappa shape index (κ3) is 4.14. The summed E-state index contributed by atoms with van der Waals surface area (Å²) in [7, 11) is 1.31. The van der Waals surface area contributed by atoms with Gasteiger partial charge in [-0.15, -0.1) is 0 Å². The number of nitrogens with one attached hydrogen (secondary N) is 1. The van der Waals surface area contributed by atoms with Gasteiger partial charge < -0.3 is 10.1 Å². The maximum Gasteiger partial charge on any atom is 0.316 e. The van der Waals surface area contributed by atoms with Crippen LogP contribution in [0.15, 0.2) is 34.9 Å². The van der Waals surface area contributed by atoms with Crippen molar-refractivity contribution in [3.63, 3.8) is 0 Å². The van der Waals surface area contributed by atoms with E-state index in [-0.39, 0.29) is 24.0 Å². The molecule has 5 nitrogen and oxygen atoms in total. The Morgan fingerprint density at radius 3 is 2.70 bits per heavy atom. The van der Waals surface area contributed by atoms with E-state index in [0.29, 0.717) is 10.6 Å². The average Bonchev–Trinajstić information content (AvgIpc) is 2.59. The van der Waals surface area contributed by atoms with E-state index in [2.05, 4.69) is 23.0 Å². The quantitative estimate of drug-likeness (QED) is 0.839. The summed E-state index contributed by atoms with van der Waals surface area (Å²) in [5, 5.41) is 12.6. The molecule has 2 rings (SSSR count). The number of thioether (sulfide) groups is 1. The smallest absolute Gasteiger partial charge is 0.316 e. The van der Waals surface area contributed by atoms with Crippen molar-refractivity contribution >= 4 is 23.6 Å². The van der Waals surface area contributed by atoms with E-state index < -0.39 is 5.97 Å². The topological polar surface area (TPSA) is 79.2 Å². The molecule has 0 aromatic heterocycles. The lowest BCUT2D eigenvalue weighted by atomic mass is 9.86. The van der Waals surface area contributed by atoms with Crippen LogP contribution in [0.2, 0.25) is 0 Å². The number of rotatable bonds is 5. The van der Waals surface area contributed by atoms with Gasteiger partial charge in [0.2, 0.25) is 5.91 Å². The van der Waals surface area contributed by atoms with Crippen LogP contribution in [0.25, 0.3) is 0 Å². The fourth-order valence-corrected chi connectivity index (χ4v) is 3.30. The number of amides is 1. The number of allylic oxidation sites excluding steroid dienone is 1. The average molecular weight is 330 g/mol. The van der Waals surface area contributed by atoms with Crippen molar-refractivity contribution in [3.8, 4) is 6.07 Å². The minimum atomic E-state index is -0.400. The lowest BCUT2D eigenvalue weighted by Crippen LogP contribution is -2.31. The van der Waals surface area contributed by atoms with E-state index in [1.807, 2.05) is 24.3 Å². The molecule has 1 N–H and O–H groups in total. The molecule has 1 heterocycles. The van der Waals surface area contributed by atoms with Crippen molar-refractivity contribution in [2.24, 2.45) is 0 Å². The molecular weight excluding hydrogens is 312 g/mol. The van der Waals surface area contributed by atoms with Crippen LogP contribution in [0.1, 0.15) is 30.4 Å². The van der Waals surface area contributed by atoms with E-state index >= 15 is 0 Å². The number of hydrogen-bond donors (Lipinski definition) is 1. The molecule has 1 aliphatic heterocycles. The Balaban J connectivity index is 2.31. The number of benzene rings is 1. The van der Waals surface area contributed by atoms with E-state index in [0.717, 1.165) is 23.7 Å². The summed E-state index contributed by atoms with van der Waals surface area (Å²) in [6, 6.07) is 10.1. The number of ether oxygens (including phenoxy) is 1. The van der Waals surface area contributed by atoms with Gasteiger partial charge in [0.1, 0.15) is 0 Å². The Labute approximate surface area is 139 Å². The second kappa shape index (κ2) is 7.84. The zero-order chi connectivity index (χ0) is 16.8. The highest BCUT2D eigenvalue weighted by atomic mass is 32.2. The van der Waals surface area contributed by atoms with Crippen LogP contribution >= 0.6 is 11.8 Å². The standard InChI is InChI=1S/C17H18N2O3S/c1-3-11-4-6-12(7-5-11)13-8-15(20)19-17(14(13)9-18)23-10-16(21)22-2/h4-7,13H,3,8,10H2,1-2H3,(H,19,20). The zero-order valence-corrected chi connectivity index (χ0v) is 13.9. The van der Waals surface area contributed by atoms with Gasteiger partial charge in [-0.1, -0.05) is 43.0 Å². The maximum atomic E-state index is 12.0. The van der Waals surface area contributed by atoms with Crippen molar-refractivity contribution < 1.29 is 14.3 Å². The molecule has 0 saturated carbocycles. The molecule has 1 aromatic carbocycles. The first-order valence-electron chi connectivity index (χ1n) is 7.31. The largest absolute Gasteiger partial charge is 0.468 e. The van der Waals surface area contributed by atoms with Crippen LogP contribution in [0.3, 0.4) is 0 Å². The summed E-state index contributed by atoms with van der Waals surface area (Å²) < 4.78 is 4.60. The number of esters is 1. The van der Waals surface area contributed by atoms with Gasteiger partial charge in [-0.3, -0.25) is 9.59 Å². The molecule has 1 atom stereocenters. The molecule has 120 valence electrons. The van der Waals surface area contributed by atoms with Crippen LogP contribution < -0.4 is 5.32 Å². The summed E-state index contributed by atoms with van der Waals surface area (Å²) in [6.07, 6.45) is 1.17. The molecule has 6 heteroatoms. The Morgan fingerprint density at radius 1 is 1.43 bits per heavy atom. The molecule has 1 aliphatic rings. The molecule has 23 heavy (non-hydrogen) atoms. The van der Waals surface area contributed by atoms with Crippen LogP contribution in [-0.2, 0) is 20.7 Å². The number of carbonyl (C=O) groups excluding carboxylic acids is 2. The third-order valence-corrected chi connectivity index (χ3v) is 4.70. The van der Waals surface area contributed by atoms with Crippen molar-refractivity contribution in [1.82, 2.24) is 5.32 Å². The van der Waals surface area contributed by atoms with E-state index in [4.69, 9.17) is 0 Å². The van der Waals surface area contributed by atoms with Gasteiger partial charge in [0, 0.05) is 12.3 Å². The molecule has 0 radical (unpaired) electrons. The summed E-state index contributed by atoms with van der Waals surface area (Å²) in [5.41, 5.74) is 2.63. The molecule has 0 aliphatic carbocycles. The number of carbonyl (C=O) groups is 2. The first-order chi connectivity index (χ1) is 11.1. The highest BCUT2D eigenvalue weighted by Crippen LogP contribution is 2.35. The molecule has 0 saturated heterocycles. The Bertz CT molecular complexity index is 674. The number of nitrogens with zero attached hydrogens (tertiary/aromatic N) is 1. The fraction of sp³-hybridized carbons (Fsp3) is 0.353. The Morgan fingerprint density at radius 2 is 2.13 bits per heavy atom. The fourth-order valence-electron chi connectivity index (χ4n) is 2.39. The lowest BCUT2D eigenvalue weighted by molar-refractivity contribution is -0.137.